The van der Waals surface area contributed by atoms with Crippen LogP contribution in [-0.2, 0) is 0 Å². The predicted molar refractivity (Wildman–Crippen MR) is 75.7 cm³/mol. The summed E-state index contributed by atoms with van der Waals surface area (Å²) in [6.45, 7) is 4.94. The molecule has 0 aromatic carbocycles. The van der Waals surface area contributed by atoms with Gasteiger partial charge in [-0.15, -0.1) is 0 Å². The molecule has 5 heteroatoms. The van der Waals surface area contributed by atoms with Crippen molar-refractivity contribution in [3.8, 4) is 0 Å². The number of likely N-dealkylation sites (N-methyl/N-ethyl adjacent to an activating group) is 1. The van der Waals surface area contributed by atoms with Gasteiger partial charge in [0, 0.05) is 37.6 Å². The Morgan fingerprint density at radius 1 is 1.42 bits per heavy atom. The normalized spacial score (nSPS) is 23.6. The van der Waals surface area contributed by atoms with E-state index in [1.807, 2.05) is 10.8 Å². The van der Waals surface area contributed by atoms with E-state index in [0.29, 0.717) is 17.9 Å². The maximum Gasteiger partial charge on any atom is 0.293 e. The Balaban J connectivity index is 1.81. The van der Waals surface area contributed by atoms with E-state index in [4.69, 9.17) is 0 Å². The van der Waals surface area contributed by atoms with E-state index in [-0.39, 0.29) is 5.56 Å². The van der Waals surface area contributed by atoms with Gasteiger partial charge in [0.25, 0.3) is 5.56 Å². The molecule has 2 heterocycles. The molecule has 1 aliphatic carbocycles. The third-order valence-electron chi connectivity index (χ3n) is 4.00. The van der Waals surface area contributed by atoms with Crippen molar-refractivity contribution in [2.24, 2.45) is 0 Å². The van der Waals surface area contributed by atoms with Crippen LogP contribution in [0.15, 0.2) is 17.2 Å². The summed E-state index contributed by atoms with van der Waals surface area (Å²) in [5.41, 5.74) is 0.0853. The third kappa shape index (κ3) is 2.66. The molecule has 104 valence electrons. The number of hydrogen-bond acceptors (Lipinski definition) is 4. The lowest BCUT2D eigenvalue weighted by Gasteiger charge is -2.33. The van der Waals surface area contributed by atoms with Gasteiger partial charge in [0.15, 0.2) is 5.82 Å². The van der Waals surface area contributed by atoms with E-state index >= 15 is 0 Å². The van der Waals surface area contributed by atoms with Crippen molar-refractivity contribution >= 4 is 5.82 Å². The highest BCUT2D eigenvalue weighted by atomic mass is 16.1. The third-order valence-corrected chi connectivity index (χ3v) is 4.00. The first-order chi connectivity index (χ1) is 9.29. The summed E-state index contributed by atoms with van der Waals surface area (Å²) >= 11 is 0. The summed E-state index contributed by atoms with van der Waals surface area (Å²) in [6.07, 6.45) is 8.17. The van der Waals surface area contributed by atoms with Crippen LogP contribution in [0.4, 0.5) is 5.82 Å². The summed E-state index contributed by atoms with van der Waals surface area (Å²) in [5, 5.41) is 3.48. The average molecular weight is 262 g/mol. The lowest BCUT2D eigenvalue weighted by atomic mass is 10.1. The molecule has 1 aromatic rings. The second-order valence-corrected chi connectivity index (χ2v) is 5.54. The molecule has 0 bridgehead atoms. The van der Waals surface area contributed by atoms with Crippen LogP contribution in [0.2, 0.25) is 0 Å². The van der Waals surface area contributed by atoms with Crippen molar-refractivity contribution in [2.75, 3.05) is 24.5 Å². The highest BCUT2D eigenvalue weighted by Crippen LogP contribution is 2.33. The quantitative estimate of drug-likeness (QED) is 0.884. The van der Waals surface area contributed by atoms with Crippen LogP contribution >= 0.6 is 0 Å². The largest absolute Gasteiger partial charge is 0.350 e. The number of piperidine rings is 1. The molecule has 3 rings (SSSR count). The van der Waals surface area contributed by atoms with Gasteiger partial charge in [0.2, 0.25) is 0 Å². The fraction of sp³-hybridized carbons (Fsp3) is 0.714. The second-order valence-electron chi connectivity index (χ2n) is 5.54. The van der Waals surface area contributed by atoms with Gasteiger partial charge in [-0.1, -0.05) is 6.92 Å². The van der Waals surface area contributed by atoms with Gasteiger partial charge in [-0.3, -0.25) is 4.79 Å². The molecule has 1 atom stereocenters. The molecule has 1 unspecified atom stereocenters. The molecular formula is C14H22N4O. The van der Waals surface area contributed by atoms with Gasteiger partial charge in [-0.2, -0.15) is 0 Å². The summed E-state index contributed by atoms with van der Waals surface area (Å²) in [6, 6.07) is 0.901. The van der Waals surface area contributed by atoms with E-state index < -0.39 is 0 Å². The molecule has 1 aromatic heterocycles. The topological polar surface area (TPSA) is 50.2 Å². The first-order valence-corrected chi connectivity index (χ1v) is 7.35. The summed E-state index contributed by atoms with van der Waals surface area (Å²) in [4.78, 5) is 18.9. The molecule has 1 saturated carbocycles. The van der Waals surface area contributed by atoms with Crippen molar-refractivity contribution in [3.63, 3.8) is 0 Å². The van der Waals surface area contributed by atoms with Crippen LogP contribution in [0.3, 0.4) is 0 Å². The minimum absolute atomic E-state index is 0.0853. The molecule has 1 N–H and O–H groups in total. The smallest absolute Gasteiger partial charge is 0.293 e. The molecule has 2 fully saturated rings. The molecule has 1 saturated heterocycles. The Labute approximate surface area is 113 Å². The summed E-state index contributed by atoms with van der Waals surface area (Å²) < 4.78 is 1.86. The maximum absolute atomic E-state index is 12.5. The number of rotatable bonds is 4. The van der Waals surface area contributed by atoms with Gasteiger partial charge in [-0.25, -0.2) is 4.98 Å². The molecule has 0 radical (unpaired) electrons. The zero-order valence-corrected chi connectivity index (χ0v) is 11.5. The molecule has 1 aliphatic heterocycles. The van der Waals surface area contributed by atoms with Crippen LogP contribution < -0.4 is 15.8 Å². The maximum atomic E-state index is 12.5. The van der Waals surface area contributed by atoms with Gasteiger partial charge in [-0.05, 0) is 32.2 Å². The molecule has 19 heavy (non-hydrogen) atoms. The van der Waals surface area contributed by atoms with Crippen LogP contribution in [-0.4, -0.2) is 35.2 Å². The molecule has 2 aliphatic rings. The second kappa shape index (κ2) is 5.33. The van der Waals surface area contributed by atoms with Crippen molar-refractivity contribution in [1.29, 1.82) is 0 Å². The lowest BCUT2D eigenvalue weighted by molar-refractivity contribution is 0.428. The van der Waals surface area contributed by atoms with Crippen molar-refractivity contribution in [3.05, 3.63) is 22.7 Å². The number of aromatic nitrogens is 2. The zero-order valence-electron chi connectivity index (χ0n) is 11.5. The van der Waals surface area contributed by atoms with Crippen LogP contribution in [0.25, 0.3) is 0 Å². The Morgan fingerprint density at radius 3 is 3.00 bits per heavy atom. The van der Waals surface area contributed by atoms with Crippen molar-refractivity contribution in [1.82, 2.24) is 14.9 Å². The van der Waals surface area contributed by atoms with E-state index in [1.165, 1.54) is 6.42 Å². The number of nitrogens with one attached hydrogen (secondary N) is 1. The number of nitrogens with zero attached hydrogens (tertiary/aromatic N) is 3. The highest BCUT2D eigenvalue weighted by Gasteiger charge is 2.27. The van der Waals surface area contributed by atoms with E-state index in [0.717, 1.165) is 38.9 Å². The van der Waals surface area contributed by atoms with Gasteiger partial charge < -0.3 is 14.8 Å². The van der Waals surface area contributed by atoms with Gasteiger partial charge in [0.05, 0.1) is 0 Å². The Kier molecular flexibility index (Phi) is 3.55. The molecule has 5 nitrogen and oxygen atoms in total. The standard InChI is InChI=1S/C14H22N4O/c1-2-15-11-4-3-8-17(10-11)13-14(19)18(9-7-16-13)12-5-6-12/h7,9,11-12,15H,2-6,8,10H2,1H3. The van der Waals surface area contributed by atoms with Crippen LogP contribution in [0.5, 0.6) is 0 Å². The predicted octanol–water partition coefficient (Wildman–Crippen LogP) is 1.16. The Bertz CT molecular complexity index is 492. The minimum Gasteiger partial charge on any atom is -0.350 e. The number of hydrogen-bond donors (Lipinski definition) is 1. The lowest BCUT2D eigenvalue weighted by Crippen LogP contribution is -2.47. The number of anilines is 1. The summed E-state index contributed by atoms with van der Waals surface area (Å²) in [5.74, 6) is 0.636. The van der Waals surface area contributed by atoms with Crippen LogP contribution in [0, 0.1) is 0 Å². The SMILES string of the molecule is CCNC1CCCN(c2nccn(C3CC3)c2=O)C1. The Morgan fingerprint density at radius 2 is 2.26 bits per heavy atom. The van der Waals surface area contributed by atoms with E-state index in [1.54, 1.807) is 6.20 Å². The molecule has 0 amide bonds. The summed E-state index contributed by atoms with van der Waals surface area (Å²) in [7, 11) is 0. The molecular weight excluding hydrogens is 240 g/mol. The van der Waals surface area contributed by atoms with Crippen LogP contribution in [0.1, 0.15) is 38.6 Å². The monoisotopic (exact) mass is 262 g/mol. The zero-order chi connectivity index (χ0) is 13.2. The fourth-order valence-electron chi connectivity index (χ4n) is 2.90. The van der Waals surface area contributed by atoms with Crippen molar-refractivity contribution < 1.29 is 0 Å². The van der Waals surface area contributed by atoms with Gasteiger partial charge in [0.1, 0.15) is 0 Å². The molecule has 0 spiro atoms. The van der Waals surface area contributed by atoms with Gasteiger partial charge >= 0.3 is 0 Å². The first-order valence-electron chi connectivity index (χ1n) is 7.35. The highest BCUT2D eigenvalue weighted by molar-refractivity contribution is 5.37. The van der Waals surface area contributed by atoms with E-state index in [2.05, 4.69) is 22.1 Å². The fourth-order valence-corrected chi connectivity index (χ4v) is 2.90. The Hall–Kier alpha value is -1.36. The first kappa shape index (κ1) is 12.7. The van der Waals surface area contributed by atoms with E-state index in [9.17, 15) is 4.79 Å². The minimum atomic E-state index is 0.0853. The van der Waals surface area contributed by atoms with Crippen molar-refractivity contribution in [2.45, 2.75) is 44.7 Å². The average Bonchev–Trinajstić information content (AvgIpc) is 3.24.